The molecule has 0 aliphatic carbocycles. The molecule has 0 spiro atoms. The molecule has 8 aliphatic heterocycles. The highest BCUT2D eigenvalue weighted by Gasteiger charge is 2.53. The van der Waals surface area contributed by atoms with Gasteiger partial charge < -0.3 is 46.6 Å². The number of likely N-dealkylation sites (tertiary alicyclic amines) is 8. The number of piperidine rings is 8. The van der Waals surface area contributed by atoms with E-state index in [1.165, 1.54) is 0 Å². The predicted molar refractivity (Wildman–Crippen MR) is 612 cm³/mol. The zero-order chi connectivity index (χ0) is 108. The topological polar surface area (TPSA) is 263 Å². The molecule has 8 fully saturated rings. The number of unbranched alkanes of at least 4 members (excludes halogenated alkanes) is 4. The van der Waals surface area contributed by atoms with Crippen molar-refractivity contribution < 1.29 is 0 Å². The molecule has 0 aromatic carbocycles. The predicted octanol–water partition coefficient (Wildman–Crippen LogP) is 21.0. The smallest absolute Gasteiger partial charge is 0.230 e. The Balaban J connectivity index is 0.824. The van der Waals surface area contributed by atoms with Crippen LogP contribution in [0.5, 0.6) is 0 Å². The Kier molecular flexibility index (Phi) is 37.2. The van der Waals surface area contributed by atoms with Gasteiger partial charge in [0.25, 0.3) is 0 Å². The van der Waals surface area contributed by atoms with Crippen molar-refractivity contribution in [2.24, 2.45) is 17.8 Å². The van der Waals surface area contributed by atoms with Crippen molar-refractivity contribution in [1.29, 1.82) is 0 Å². The highest BCUT2D eigenvalue weighted by Crippen LogP contribution is 2.49. The first-order valence-corrected chi connectivity index (χ1v) is 58.0. The zero-order valence-corrected chi connectivity index (χ0v) is 101. The number of anilines is 7. The lowest BCUT2D eigenvalue weighted by molar-refractivity contribution is -0.0303. The van der Waals surface area contributed by atoms with Crippen molar-refractivity contribution in [2.75, 3.05) is 152 Å². The summed E-state index contributed by atoms with van der Waals surface area (Å²) in [5, 5.41) is 23.6. The summed E-state index contributed by atoms with van der Waals surface area (Å²) in [4.78, 5) is 93.5. The normalized spacial score (nSPS) is 24.8. The van der Waals surface area contributed by atoms with Crippen LogP contribution >= 0.6 is 0 Å². The molecule has 830 valence electrons. The zero-order valence-electron chi connectivity index (χ0n) is 101. The van der Waals surface area contributed by atoms with Crippen LogP contribution in [0.4, 0.5) is 41.6 Å². The van der Waals surface area contributed by atoms with Gasteiger partial charge >= 0.3 is 0 Å². The van der Waals surface area contributed by atoms with Gasteiger partial charge in [-0.1, -0.05) is 13.3 Å². The van der Waals surface area contributed by atoms with E-state index in [-0.39, 0.29) is 119 Å². The van der Waals surface area contributed by atoms with Gasteiger partial charge in [-0.2, -0.15) is 54.8 Å². The van der Waals surface area contributed by atoms with Crippen LogP contribution in [0.2, 0.25) is 0 Å². The minimum Gasteiger partial charge on any atom is -0.354 e. The Morgan fingerprint density at radius 2 is 0.445 bits per heavy atom. The minimum absolute atomic E-state index is 0.00192. The third kappa shape index (κ3) is 30.3. The standard InChI is InChI=1S/C117H217N29/c1-42-43-62-146(89-80-116(30,31)143(41)117(32,33)81-89)101-132-94(65-84-70-106(10,11)138(36)107(12,13)71-84)129-96(135-101)119-55-51-61-145(57-47-45-53-91-126-98(121-86-74-110(18,19)140(38)111(20,21)75-86)134-99(127-91)122-87-76-112(22,23)141(39)113(24,25)77-87)59-49-48-58-144(56-46-44-52-90-124-92(63-82-66-102(2,3)136(34)103(4,5)67-82)130-97(125-90)120-85-72-108(14,15)139(37)109(16,17)73-85)60-50-54-118-95-128-93(64-83-68-104(6,7)137(35)105(8,9)69-83)131-100(133-95)123-88-78-114(26,27)142(40)115(28,29)79-88/h82-89H,42-81H2,1-41H3,(H,119,129,132,135)(H,120,124,125,130)(H2,118,123,128,131,133)(H2,121,122,126,127,134). The molecule has 4 aromatic heterocycles. The Bertz CT molecular complexity index is 4390. The van der Waals surface area contributed by atoms with Crippen LogP contribution in [-0.2, 0) is 32.1 Å². The molecule has 0 saturated carbocycles. The molecule has 29 nitrogen and oxygen atoms in total. The molecule has 4 aromatic rings. The van der Waals surface area contributed by atoms with Crippen molar-refractivity contribution in [1.82, 2.24) is 109 Å². The summed E-state index contributed by atoms with van der Waals surface area (Å²) in [5.41, 5.74) is 0.272. The SMILES string of the molecule is CCCCN(c1nc(CC2CC(C)(C)N(C)C(C)(C)C2)nc(NCCCN(CCCCc2nc(NC3CC(C)(C)N(C)C(C)(C)C3)nc(NC3CC(C)(C)N(C)C(C)(C)C3)n2)CCCCN(CCCCc2nc(CC3CC(C)(C)N(C)C(C)(C)C3)nc(NC3CC(C)(C)N(C)C(C)(C)C3)n2)CCCNc2nc(CC3CC(C)(C)N(C)C(C)(C)C3)nc(NC3CC(C)(C)N(C)C(C)(C)C3)n2)n1)C1CC(C)(C)N(C)C(C)(C)C1. The Labute approximate surface area is 890 Å². The number of nitrogens with zero attached hydrogens (tertiary/aromatic N) is 23. The molecule has 8 aliphatic rings. The van der Waals surface area contributed by atoms with E-state index < -0.39 is 0 Å². The molecule has 146 heavy (non-hydrogen) atoms. The maximum absolute atomic E-state index is 5.60. The monoisotopic (exact) mass is 2030 g/mol. The van der Waals surface area contributed by atoms with Crippen LogP contribution in [0, 0.1) is 17.8 Å². The van der Waals surface area contributed by atoms with Gasteiger partial charge in [-0.25, -0.2) is 4.98 Å². The molecule has 0 atom stereocenters. The molecular formula is C117H217N29. The second kappa shape index (κ2) is 45.7. The van der Waals surface area contributed by atoms with Gasteiger partial charge in [0.15, 0.2) is 0 Å². The number of rotatable bonds is 44. The first kappa shape index (κ1) is 119. The Morgan fingerprint density at radius 3 is 0.740 bits per heavy atom. The molecule has 0 bridgehead atoms. The lowest BCUT2D eigenvalue weighted by Crippen LogP contribution is -2.63. The molecule has 0 amide bonds. The maximum Gasteiger partial charge on any atom is 0.230 e. The van der Waals surface area contributed by atoms with Gasteiger partial charge in [0, 0.05) is 171 Å². The maximum atomic E-state index is 5.60. The Hall–Kier alpha value is -5.76. The van der Waals surface area contributed by atoms with Crippen LogP contribution in [0.15, 0.2) is 0 Å². The lowest BCUT2D eigenvalue weighted by atomic mass is 9.73. The highest BCUT2D eigenvalue weighted by atomic mass is 15.4. The van der Waals surface area contributed by atoms with Gasteiger partial charge in [0.05, 0.1) is 0 Å². The van der Waals surface area contributed by atoms with Crippen molar-refractivity contribution in [3.8, 4) is 0 Å². The van der Waals surface area contributed by atoms with E-state index in [1.54, 1.807) is 0 Å². The van der Waals surface area contributed by atoms with E-state index >= 15 is 0 Å². The number of aromatic nitrogens is 12. The molecular weight excluding hydrogens is 1810 g/mol. The van der Waals surface area contributed by atoms with E-state index in [4.69, 9.17) is 59.8 Å². The molecule has 29 heteroatoms. The molecule has 12 rings (SSSR count). The molecule has 12 heterocycles. The fourth-order valence-corrected chi connectivity index (χ4v) is 29.2. The second-order valence-corrected chi connectivity index (χ2v) is 58.0. The number of nitrogens with one attached hydrogen (secondary N) is 6. The quantitative estimate of drug-likeness (QED) is 0.0225. The average Bonchev–Trinajstić information content (AvgIpc) is 0.775. The van der Waals surface area contributed by atoms with E-state index in [0.29, 0.717) is 47.5 Å². The first-order chi connectivity index (χ1) is 67.3. The second-order valence-electron chi connectivity index (χ2n) is 58.0. The lowest BCUT2D eigenvalue weighted by Gasteiger charge is -2.55. The summed E-state index contributed by atoms with van der Waals surface area (Å²) >= 11 is 0. The molecule has 0 unspecified atom stereocenters. The van der Waals surface area contributed by atoms with Gasteiger partial charge in [0.2, 0.25) is 41.6 Å². The largest absolute Gasteiger partial charge is 0.354 e. The van der Waals surface area contributed by atoms with Crippen LogP contribution in [0.1, 0.15) is 425 Å². The van der Waals surface area contributed by atoms with E-state index in [2.05, 4.69) is 371 Å². The molecule has 8 saturated heterocycles. The minimum atomic E-state index is -0.00471. The van der Waals surface area contributed by atoms with Crippen molar-refractivity contribution in [3.05, 3.63) is 29.1 Å². The first-order valence-electron chi connectivity index (χ1n) is 58.0. The van der Waals surface area contributed by atoms with Crippen LogP contribution in [0.3, 0.4) is 0 Å². The van der Waals surface area contributed by atoms with Gasteiger partial charge in [-0.05, 0) is 495 Å². The fraction of sp³-hybridized carbons (Fsp3) is 0.897. The van der Waals surface area contributed by atoms with Crippen LogP contribution < -0.4 is 36.8 Å². The average molecular weight is 2030 g/mol. The summed E-state index contributed by atoms with van der Waals surface area (Å²) in [6.07, 6.45) is 30.7. The molecule has 0 radical (unpaired) electrons. The van der Waals surface area contributed by atoms with E-state index in [9.17, 15) is 0 Å². The third-order valence-electron chi connectivity index (χ3n) is 39.0. The summed E-state index contributed by atoms with van der Waals surface area (Å²) < 4.78 is 0. The number of hydrogen-bond acceptors (Lipinski definition) is 29. The number of aryl methyl sites for hydroxylation is 2. The summed E-state index contributed by atoms with van der Waals surface area (Å²) in [6.45, 7) is 87.2. The van der Waals surface area contributed by atoms with Crippen molar-refractivity contribution in [3.63, 3.8) is 0 Å². The van der Waals surface area contributed by atoms with E-state index in [0.717, 1.165) is 299 Å². The third-order valence-corrected chi connectivity index (χ3v) is 39.0. The number of hydrogen-bond donors (Lipinski definition) is 6. The van der Waals surface area contributed by atoms with Crippen molar-refractivity contribution >= 4 is 41.6 Å². The summed E-state index contributed by atoms with van der Waals surface area (Å²) in [7, 11) is 18.4. The van der Waals surface area contributed by atoms with E-state index in [1.807, 2.05) is 0 Å². The van der Waals surface area contributed by atoms with Gasteiger partial charge in [-0.15, -0.1) is 0 Å². The molecule has 6 N–H and O–H groups in total. The summed E-state index contributed by atoms with van der Waals surface area (Å²) in [5.74, 6) is 10.8. The van der Waals surface area contributed by atoms with Crippen LogP contribution in [-0.4, -0.2) is 343 Å². The summed E-state index contributed by atoms with van der Waals surface area (Å²) in [6, 6.07) is 1.14. The fourth-order valence-electron chi connectivity index (χ4n) is 29.2. The van der Waals surface area contributed by atoms with Crippen molar-refractivity contribution in [2.45, 2.75) is 546 Å². The highest BCUT2D eigenvalue weighted by molar-refractivity contribution is 5.42. The van der Waals surface area contributed by atoms with Gasteiger partial charge in [-0.3, -0.25) is 39.2 Å². The Morgan fingerprint density at radius 1 is 0.226 bits per heavy atom. The van der Waals surface area contributed by atoms with Gasteiger partial charge in [0.1, 0.15) is 29.1 Å². The van der Waals surface area contributed by atoms with Crippen LogP contribution in [0.25, 0.3) is 0 Å².